The lowest BCUT2D eigenvalue weighted by Crippen LogP contribution is -2.42. The molecule has 0 bridgehead atoms. The largest absolute Gasteiger partial charge is 0.481 e. The predicted molar refractivity (Wildman–Crippen MR) is 123 cm³/mol. The molecule has 2 heterocycles. The molecule has 156 valence electrons. The van der Waals surface area contributed by atoms with E-state index in [1.807, 2.05) is 79.7 Å². The molecule has 0 radical (unpaired) electrons. The van der Waals surface area contributed by atoms with Gasteiger partial charge in [-0.2, -0.15) is 4.57 Å². The minimum Gasteiger partial charge on any atom is -0.481 e. The Morgan fingerprint density at radius 1 is 0.903 bits per heavy atom. The van der Waals surface area contributed by atoms with Crippen LogP contribution < -0.4 is 14.4 Å². The van der Waals surface area contributed by atoms with Gasteiger partial charge in [0.05, 0.1) is 11.4 Å². The SMILES string of the molecule is CN(C)c1cc[n+](/C(=C\C=C(O)O)C(=O)N2c3ccccc3Sc3ccccc32)cc1. The Bertz CT molecular complexity index is 1140. The fraction of sp³-hybridized carbons (Fsp3) is 0.0833. The molecule has 3 aromatic rings. The van der Waals surface area contributed by atoms with E-state index in [-0.39, 0.29) is 11.6 Å². The van der Waals surface area contributed by atoms with Crippen LogP contribution in [-0.4, -0.2) is 30.2 Å². The number of amides is 1. The number of nitrogens with zero attached hydrogens (tertiary/aromatic N) is 3. The highest BCUT2D eigenvalue weighted by Gasteiger charge is 2.33. The first-order valence-electron chi connectivity index (χ1n) is 9.65. The number of para-hydroxylation sites is 2. The number of anilines is 3. The number of allylic oxidation sites excluding steroid dienone is 2. The van der Waals surface area contributed by atoms with Crippen LogP contribution in [0.25, 0.3) is 5.70 Å². The first kappa shape index (κ1) is 20.6. The van der Waals surface area contributed by atoms with Crippen LogP contribution in [0.2, 0.25) is 0 Å². The van der Waals surface area contributed by atoms with Gasteiger partial charge in [-0.25, -0.2) is 0 Å². The van der Waals surface area contributed by atoms with Crippen molar-refractivity contribution in [2.45, 2.75) is 9.79 Å². The average Bonchev–Trinajstić information content (AvgIpc) is 2.77. The second kappa shape index (κ2) is 8.57. The summed E-state index contributed by atoms with van der Waals surface area (Å²) in [6, 6.07) is 19.2. The van der Waals surface area contributed by atoms with E-state index in [1.54, 1.807) is 33.6 Å². The highest BCUT2D eigenvalue weighted by Crippen LogP contribution is 2.48. The molecule has 0 saturated carbocycles. The topological polar surface area (TPSA) is 67.9 Å². The van der Waals surface area contributed by atoms with Crippen molar-refractivity contribution in [1.82, 2.24) is 0 Å². The molecule has 2 aromatic carbocycles. The number of aliphatic hydroxyl groups excluding tert-OH is 1. The maximum absolute atomic E-state index is 13.9. The van der Waals surface area contributed by atoms with Crippen molar-refractivity contribution in [1.29, 1.82) is 0 Å². The molecule has 1 aromatic heterocycles. The number of fused-ring (bicyclic) bond motifs is 2. The van der Waals surface area contributed by atoms with Gasteiger partial charge in [-0.05, 0) is 24.3 Å². The van der Waals surface area contributed by atoms with Gasteiger partial charge in [0, 0.05) is 53.9 Å². The summed E-state index contributed by atoms with van der Waals surface area (Å²) in [5.74, 6) is -1.16. The van der Waals surface area contributed by atoms with Crippen LogP contribution in [0.15, 0.2) is 101 Å². The van der Waals surface area contributed by atoms with Crippen LogP contribution in [-0.2, 0) is 4.79 Å². The van der Waals surface area contributed by atoms with Crippen LogP contribution >= 0.6 is 11.8 Å². The van der Waals surface area contributed by atoms with Gasteiger partial charge in [0.2, 0.25) is 0 Å². The molecule has 1 amide bonds. The Balaban J connectivity index is 1.85. The molecule has 0 aliphatic carbocycles. The van der Waals surface area contributed by atoms with Crippen molar-refractivity contribution in [2.24, 2.45) is 0 Å². The third-order valence-corrected chi connectivity index (χ3v) is 5.98. The van der Waals surface area contributed by atoms with Gasteiger partial charge in [-0.15, -0.1) is 0 Å². The second-order valence-corrected chi connectivity index (χ2v) is 8.20. The maximum atomic E-state index is 13.9. The molecular formula is C24H22N3O3S+. The summed E-state index contributed by atoms with van der Waals surface area (Å²) >= 11 is 1.62. The van der Waals surface area contributed by atoms with Gasteiger partial charge in [0.25, 0.3) is 11.6 Å². The van der Waals surface area contributed by atoms with E-state index < -0.39 is 5.95 Å². The summed E-state index contributed by atoms with van der Waals surface area (Å²) in [4.78, 5) is 19.5. The van der Waals surface area contributed by atoms with Crippen LogP contribution in [0, 0.1) is 0 Å². The number of hydrogen-bond acceptors (Lipinski definition) is 5. The summed E-state index contributed by atoms with van der Waals surface area (Å²) in [5.41, 5.74) is 2.81. The normalized spacial score (nSPS) is 12.6. The molecule has 0 unspecified atom stereocenters. The van der Waals surface area contributed by atoms with Gasteiger partial charge in [0.15, 0.2) is 12.4 Å². The predicted octanol–water partition coefficient (Wildman–Crippen LogP) is 4.67. The van der Waals surface area contributed by atoms with Gasteiger partial charge >= 0.3 is 5.91 Å². The highest BCUT2D eigenvalue weighted by molar-refractivity contribution is 7.99. The Hall–Kier alpha value is -3.71. The molecule has 1 aliphatic heterocycles. The fourth-order valence-corrected chi connectivity index (χ4v) is 4.39. The third kappa shape index (κ3) is 4.13. The Labute approximate surface area is 185 Å². The smallest absolute Gasteiger partial charge is 0.328 e. The summed E-state index contributed by atoms with van der Waals surface area (Å²) < 4.78 is 1.67. The maximum Gasteiger partial charge on any atom is 0.328 e. The Morgan fingerprint density at radius 3 is 1.97 bits per heavy atom. The molecular weight excluding hydrogens is 410 g/mol. The molecule has 0 fully saturated rings. The number of aromatic nitrogens is 1. The number of carbonyl (C=O) groups is 1. The van der Waals surface area contributed by atoms with Crippen molar-refractivity contribution in [3.05, 3.63) is 91.2 Å². The zero-order valence-electron chi connectivity index (χ0n) is 17.1. The zero-order valence-corrected chi connectivity index (χ0v) is 18.0. The van der Waals surface area contributed by atoms with E-state index in [0.29, 0.717) is 0 Å². The highest BCUT2D eigenvalue weighted by atomic mass is 32.2. The summed E-state index contributed by atoms with van der Waals surface area (Å²) in [6.45, 7) is 0. The zero-order chi connectivity index (χ0) is 22.0. The van der Waals surface area contributed by atoms with Crippen molar-refractivity contribution < 1.29 is 19.6 Å². The van der Waals surface area contributed by atoms with E-state index >= 15 is 0 Å². The number of benzene rings is 2. The van der Waals surface area contributed by atoms with Gasteiger partial charge < -0.3 is 15.1 Å². The van der Waals surface area contributed by atoms with E-state index in [4.69, 9.17) is 0 Å². The number of pyridine rings is 1. The van der Waals surface area contributed by atoms with E-state index in [1.165, 1.54) is 6.08 Å². The van der Waals surface area contributed by atoms with Crippen LogP contribution in [0.3, 0.4) is 0 Å². The molecule has 0 spiro atoms. The molecule has 6 nitrogen and oxygen atoms in total. The minimum atomic E-state index is -0.870. The minimum absolute atomic E-state index is 0.266. The van der Waals surface area contributed by atoms with E-state index in [9.17, 15) is 15.0 Å². The van der Waals surface area contributed by atoms with Gasteiger partial charge in [-0.1, -0.05) is 36.0 Å². The lowest BCUT2D eigenvalue weighted by molar-refractivity contribution is -0.577. The lowest BCUT2D eigenvalue weighted by atomic mass is 10.2. The van der Waals surface area contributed by atoms with Gasteiger partial charge in [0.1, 0.15) is 0 Å². The van der Waals surface area contributed by atoms with Crippen LogP contribution in [0.5, 0.6) is 0 Å². The first-order valence-corrected chi connectivity index (χ1v) is 10.5. The first-order chi connectivity index (χ1) is 15.0. The van der Waals surface area contributed by atoms with Crippen molar-refractivity contribution >= 4 is 40.4 Å². The van der Waals surface area contributed by atoms with Crippen LogP contribution in [0.4, 0.5) is 17.1 Å². The number of carbonyl (C=O) groups excluding carboxylic acids is 1. The molecule has 31 heavy (non-hydrogen) atoms. The average molecular weight is 433 g/mol. The van der Waals surface area contributed by atoms with Crippen molar-refractivity contribution in [3.63, 3.8) is 0 Å². The van der Waals surface area contributed by atoms with Crippen molar-refractivity contribution in [2.75, 3.05) is 23.9 Å². The summed E-state index contributed by atoms with van der Waals surface area (Å²) in [6.07, 6.45) is 6.05. The van der Waals surface area contributed by atoms with Crippen molar-refractivity contribution in [3.8, 4) is 0 Å². The monoisotopic (exact) mass is 432 g/mol. The van der Waals surface area contributed by atoms with E-state index in [2.05, 4.69) is 0 Å². The van der Waals surface area contributed by atoms with Crippen LogP contribution in [0.1, 0.15) is 0 Å². The molecule has 4 rings (SSSR count). The Kier molecular flexibility index (Phi) is 5.68. The molecule has 1 aliphatic rings. The quantitative estimate of drug-likeness (QED) is 0.271. The summed E-state index contributed by atoms with van der Waals surface area (Å²) in [7, 11) is 3.88. The lowest BCUT2D eigenvalue weighted by Gasteiger charge is -2.30. The van der Waals surface area contributed by atoms with E-state index in [0.717, 1.165) is 32.9 Å². The standard InChI is InChI=1S/C24H21N3O3S/c1-25(2)17-13-15-26(16-14-17)20(11-12-23(28)29)24(30)27-18-7-3-5-9-21(18)31-22-10-6-4-8-19(22)27/h3-16H,1-2H3,(H-,28,29,30)/p+1. The Morgan fingerprint density at radius 2 is 1.45 bits per heavy atom. The van der Waals surface area contributed by atoms with Gasteiger partial charge in [-0.3, -0.25) is 9.69 Å². The number of aliphatic hydroxyl groups is 2. The molecule has 2 N–H and O–H groups in total. The molecule has 7 heteroatoms. The molecule has 0 saturated heterocycles. The third-order valence-electron chi connectivity index (χ3n) is 4.85. The molecule has 0 atom stereocenters. The number of rotatable bonds is 4. The number of hydrogen-bond donors (Lipinski definition) is 2. The summed E-state index contributed by atoms with van der Waals surface area (Å²) in [5, 5.41) is 18.6. The fourth-order valence-electron chi connectivity index (χ4n) is 3.34. The second-order valence-electron chi connectivity index (χ2n) is 7.11.